The van der Waals surface area contributed by atoms with Crippen molar-refractivity contribution in [3.8, 4) is 0 Å². The molecule has 1 N–H and O–H groups in total. The fourth-order valence-corrected chi connectivity index (χ4v) is 2.47. The maximum atomic E-state index is 8.34. The SMILES string of the molecule is Cc1ccc(C(=N)N2CCc3ccncc3C2)cc1. The van der Waals surface area contributed by atoms with Gasteiger partial charge in [0, 0.05) is 31.0 Å². The van der Waals surface area contributed by atoms with Crippen LogP contribution in [0.5, 0.6) is 0 Å². The van der Waals surface area contributed by atoms with Gasteiger partial charge in [-0.2, -0.15) is 0 Å². The summed E-state index contributed by atoms with van der Waals surface area (Å²) in [5, 5.41) is 8.34. The molecule has 0 amide bonds. The lowest BCUT2D eigenvalue weighted by molar-refractivity contribution is 0.391. The second-order valence-corrected chi connectivity index (χ2v) is 5.03. The van der Waals surface area contributed by atoms with Crippen LogP contribution in [0, 0.1) is 12.3 Å². The maximum Gasteiger partial charge on any atom is 0.128 e. The number of amidine groups is 1. The summed E-state index contributed by atoms with van der Waals surface area (Å²) in [6.45, 7) is 3.76. The van der Waals surface area contributed by atoms with Crippen LogP contribution >= 0.6 is 0 Å². The van der Waals surface area contributed by atoms with Crippen molar-refractivity contribution in [3.63, 3.8) is 0 Å². The third-order valence-electron chi connectivity index (χ3n) is 3.66. The Balaban J connectivity index is 1.81. The molecule has 3 nitrogen and oxygen atoms in total. The Hall–Kier alpha value is -2.16. The molecule has 1 aliphatic heterocycles. The smallest absolute Gasteiger partial charge is 0.128 e. The molecule has 0 saturated carbocycles. The molecule has 0 saturated heterocycles. The predicted molar refractivity (Wildman–Crippen MR) is 76.4 cm³/mol. The van der Waals surface area contributed by atoms with Gasteiger partial charge < -0.3 is 4.90 Å². The number of nitrogens with zero attached hydrogens (tertiary/aromatic N) is 2. The summed E-state index contributed by atoms with van der Waals surface area (Å²) in [6, 6.07) is 10.3. The number of aryl methyl sites for hydroxylation is 1. The van der Waals surface area contributed by atoms with Gasteiger partial charge in [0.2, 0.25) is 0 Å². The molecule has 2 aromatic rings. The number of fused-ring (bicyclic) bond motifs is 1. The molecule has 96 valence electrons. The zero-order valence-corrected chi connectivity index (χ0v) is 11.1. The Labute approximate surface area is 113 Å². The van der Waals surface area contributed by atoms with Crippen molar-refractivity contribution < 1.29 is 0 Å². The first kappa shape index (κ1) is 11.9. The van der Waals surface area contributed by atoms with E-state index in [1.807, 2.05) is 24.5 Å². The summed E-state index contributed by atoms with van der Waals surface area (Å²) in [5.41, 5.74) is 4.82. The lowest BCUT2D eigenvalue weighted by Gasteiger charge is -2.30. The monoisotopic (exact) mass is 251 g/mol. The van der Waals surface area contributed by atoms with E-state index in [0.717, 1.165) is 25.1 Å². The number of pyridine rings is 1. The minimum Gasteiger partial charge on any atom is -0.352 e. The van der Waals surface area contributed by atoms with Gasteiger partial charge in [0.15, 0.2) is 0 Å². The summed E-state index contributed by atoms with van der Waals surface area (Å²) >= 11 is 0. The van der Waals surface area contributed by atoms with Gasteiger partial charge in [-0.3, -0.25) is 10.4 Å². The minimum absolute atomic E-state index is 0.606. The predicted octanol–water partition coefficient (Wildman–Crippen LogP) is 2.77. The van der Waals surface area contributed by atoms with Crippen molar-refractivity contribution >= 4 is 5.84 Å². The number of nitrogens with one attached hydrogen (secondary N) is 1. The van der Waals surface area contributed by atoms with Crippen LogP contribution in [-0.4, -0.2) is 22.3 Å². The van der Waals surface area contributed by atoms with Crippen molar-refractivity contribution in [2.45, 2.75) is 19.9 Å². The summed E-state index contributed by atoms with van der Waals surface area (Å²) in [5.74, 6) is 0.606. The molecule has 0 bridgehead atoms. The average molecular weight is 251 g/mol. The number of aromatic nitrogens is 1. The topological polar surface area (TPSA) is 40.0 Å². The van der Waals surface area contributed by atoms with Crippen LogP contribution in [0.15, 0.2) is 42.7 Å². The average Bonchev–Trinajstić information content (AvgIpc) is 2.47. The van der Waals surface area contributed by atoms with E-state index in [2.05, 4.69) is 35.0 Å². The van der Waals surface area contributed by atoms with Crippen LogP contribution in [0.25, 0.3) is 0 Å². The van der Waals surface area contributed by atoms with Crippen molar-refractivity contribution in [2.75, 3.05) is 6.54 Å². The number of benzene rings is 1. The molecule has 0 spiro atoms. The zero-order chi connectivity index (χ0) is 13.2. The lowest BCUT2D eigenvalue weighted by Crippen LogP contribution is -2.36. The van der Waals surface area contributed by atoms with Gasteiger partial charge in [0.1, 0.15) is 5.84 Å². The van der Waals surface area contributed by atoms with Gasteiger partial charge in [-0.05, 0) is 30.5 Å². The van der Waals surface area contributed by atoms with Gasteiger partial charge in [-0.15, -0.1) is 0 Å². The summed E-state index contributed by atoms with van der Waals surface area (Å²) in [7, 11) is 0. The standard InChI is InChI=1S/C16H17N3/c1-12-2-4-14(5-3-12)16(17)19-9-7-13-6-8-18-10-15(13)11-19/h2-6,8,10,17H,7,9,11H2,1H3. The molecule has 0 aliphatic carbocycles. The Kier molecular flexibility index (Phi) is 3.03. The Morgan fingerprint density at radius 2 is 1.95 bits per heavy atom. The second kappa shape index (κ2) is 4.84. The highest BCUT2D eigenvalue weighted by Gasteiger charge is 2.19. The largest absolute Gasteiger partial charge is 0.352 e. The van der Waals surface area contributed by atoms with Crippen LogP contribution in [-0.2, 0) is 13.0 Å². The Morgan fingerprint density at radius 3 is 2.74 bits per heavy atom. The third-order valence-corrected chi connectivity index (χ3v) is 3.66. The van der Waals surface area contributed by atoms with E-state index in [0.29, 0.717) is 5.84 Å². The van der Waals surface area contributed by atoms with Gasteiger partial charge in [-0.1, -0.05) is 29.8 Å². The molecule has 19 heavy (non-hydrogen) atoms. The Bertz CT molecular complexity index is 602. The summed E-state index contributed by atoms with van der Waals surface area (Å²) < 4.78 is 0. The highest BCUT2D eigenvalue weighted by molar-refractivity contribution is 5.96. The summed E-state index contributed by atoms with van der Waals surface area (Å²) in [4.78, 5) is 6.30. The van der Waals surface area contributed by atoms with Crippen LogP contribution < -0.4 is 0 Å². The van der Waals surface area contributed by atoms with Crippen molar-refractivity contribution in [3.05, 3.63) is 65.0 Å². The van der Waals surface area contributed by atoms with E-state index in [4.69, 9.17) is 5.41 Å². The molecule has 0 radical (unpaired) electrons. The van der Waals surface area contributed by atoms with E-state index >= 15 is 0 Å². The van der Waals surface area contributed by atoms with E-state index in [1.54, 1.807) is 0 Å². The fourth-order valence-electron chi connectivity index (χ4n) is 2.47. The second-order valence-electron chi connectivity index (χ2n) is 5.03. The molecule has 0 atom stereocenters. The third kappa shape index (κ3) is 2.36. The van der Waals surface area contributed by atoms with Crippen molar-refractivity contribution in [1.29, 1.82) is 5.41 Å². The zero-order valence-electron chi connectivity index (χ0n) is 11.1. The lowest BCUT2D eigenvalue weighted by atomic mass is 10.0. The molecule has 1 aliphatic rings. The first-order chi connectivity index (χ1) is 9.24. The fraction of sp³-hybridized carbons (Fsp3) is 0.250. The summed E-state index contributed by atoms with van der Waals surface area (Å²) in [6.07, 6.45) is 4.76. The van der Waals surface area contributed by atoms with Crippen LogP contribution in [0.4, 0.5) is 0 Å². The van der Waals surface area contributed by atoms with Crippen LogP contribution in [0.1, 0.15) is 22.3 Å². The van der Waals surface area contributed by atoms with Crippen LogP contribution in [0.3, 0.4) is 0 Å². The highest BCUT2D eigenvalue weighted by Crippen LogP contribution is 2.19. The Morgan fingerprint density at radius 1 is 1.16 bits per heavy atom. The molecule has 3 rings (SSSR count). The van der Waals surface area contributed by atoms with Crippen molar-refractivity contribution in [1.82, 2.24) is 9.88 Å². The quantitative estimate of drug-likeness (QED) is 0.625. The van der Waals surface area contributed by atoms with E-state index in [1.165, 1.54) is 16.7 Å². The maximum absolute atomic E-state index is 8.34. The molecule has 0 unspecified atom stereocenters. The van der Waals surface area contributed by atoms with Gasteiger partial charge in [-0.25, -0.2) is 0 Å². The molecular weight excluding hydrogens is 234 g/mol. The number of hydrogen-bond acceptors (Lipinski definition) is 2. The molecular formula is C16H17N3. The molecule has 1 aromatic heterocycles. The number of rotatable bonds is 1. The highest BCUT2D eigenvalue weighted by atomic mass is 15.2. The van der Waals surface area contributed by atoms with E-state index in [-0.39, 0.29) is 0 Å². The first-order valence-corrected chi connectivity index (χ1v) is 6.56. The first-order valence-electron chi connectivity index (χ1n) is 6.56. The van der Waals surface area contributed by atoms with Gasteiger partial charge in [0.25, 0.3) is 0 Å². The minimum atomic E-state index is 0.606. The number of hydrogen-bond donors (Lipinski definition) is 1. The van der Waals surface area contributed by atoms with Gasteiger partial charge >= 0.3 is 0 Å². The molecule has 2 heterocycles. The van der Waals surface area contributed by atoms with Crippen LogP contribution in [0.2, 0.25) is 0 Å². The molecule has 3 heteroatoms. The van der Waals surface area contributed by atoms with E-state index in [9.17, 15) is 0 Å². The molecule has 0 fully saturated rings. The van der Waals surface area contributed by atoms with E-state index < -0.39 is 0 Å². The normalized spacial score (nSPS) is 14.1. The van der Waals surface area contributed by atoms with Crippen molar-refractivity contribution in [2.24, 2.45) is 0 Å². The molecule has 1 aromatic carbocycles. The van der Waals surface area contributed by atoms with Gasteiger partial charge in [0.05, 0.1) is 0 Å².